The highest BCUT2D eigenvalue weighted by molar-refractivity contribution is 5.93. The van der Waals surface area contributed by atoms with Gasteiger partial charge >= 0.3 is 0 Å². The molecule has 27 heavy (non-hydrogen) atoms. The number of benzene rings is 3. The molecule has 3 aromatic carbocycles. The number of aromatic nitrogens is 4. The van der Waals surface area contributed by atoms with Gasteiger partial charge in [-0.2, -0.15) is 0 Å². The molecular weight excluding hydrogens is 342 g/mol. The van der Waals surface area contributed by atoms with Crippen molar-refractivity contribution in [3.63, 3.8) is 0 Å². The third kappa shape index (κ3) is 3.77. The number of ether oxygens (including phenoxy) is 1. The highest BCUT2D eigenvalue weighted by Gasteiger charge is 2.08. The molecule has 7 nitrogen and oxygen atoms in total. The second-order valence-corrected chi connectivity index (χ2v) is 6.10. The fourth-order valence-electron chi connectivity index (χ4n) is 2.76. The molecule has 0 unspecified atom stereocenters. The van der Waals surface area contributed by atoms with Crippen LogP contribution in [-0.2, 0) is 4.79 Å². The second kappa shape index (κ2) is 7.25. The van der Waals surface area contributed by atoms with E-state index in [9.17, 15) is 4.79 Å². The number of tetrazole rings is 1. The zero-order valence-electron chi connectivity index (χ0n) is 14.7. The first kappa shape index (κ1) is 16.7. The molecule has 0 saturated heterocycles. The summed E-state index contributed by atoms with van der Waals surface area (Å²) < 4.78 is 7.17. The summed E-state index contributed by atoms with van der Waals surface area (Å²) in [4.78, 5) is 12.3. The van der Waals surface area contributed by atoms with E-state index in [1.807, 2.05) is 67.6 Å². The van der Waals surface area contributed by atoms with Gasteiger partial charge in [0.1, 0.15) is 12.1 Å². The topological polar surface area (TPSA) is 81.9 Å². The van der Waals surface area contributed by atoms with Gasteiger partial charge in [-0.05, 0) is 58.0 Å². The maximum atomic E-state index is 12.3. The summed E-state index contributed by atoms with van der Waals surface area (Å²) in [5, 5.41) is 16.2. The Balaban J connectivity index is 1.43. The molecule has 4 aromatic rings. The third-order valence-electron chi connectivity index (χ3n) is 4.20. The average Bonchev–Trinajstić information content (AvgIpc) is 3.23. The minimum atomic E-state index is -0.236. The van der Waals surface area contributed by atoms with Crippen molar-refractivity contribution in [2.75, 3.05) is 11.9 Å². The lowest BCUT2D eigenvalue weighted by Gasteiger charge is -2.11. The number of aryl methyl sites for hydroxylation is 1. The maximum absolute atomic E-state index is 12.3. The quantitative estimate of drug-likeness (QED) is 0.592. The van der Waals surface area contributed by atoms with Crippen LogP contribution in [0.15, 0.2) is 67.0 Å². The lowest BCUT2D eigenvalue weighted by molar-refractivity contribution is -0.118. The van der Waals surface area contributed by atoms with Gasteiger partial charge in [-0.3, -0.25) is 4.79 Å². The molecular formula is C20H17N5O2. The number of rotatable bonds is 5. The van der Waals surface area contributed by atoms with Gasteiger partial charge in [0.25, 0.3) is 5.91 Å². The zero-order chi connectivity index (χ0) is 18.6. The summed E-state index contributed by atoms with van der Waals surface area (Å²) in [6.45, 7) is 1.84. The van der Waals surface area contributed by atoms with Gasteiger partial charge < -0.3 is 10.1 Å². The molecule has 0 fully saturated rings. The van der Waals surface area contributed by atoms with Crippen molar-refractivity contribution in [3.8, 4) is 11.4 Å². The maximum Gasteiger partial charge on any atom is 0.262 e. The number of carbonyl (C=O) groups excluding carboxylic acids is 1. The SMILES string of the molecule is Cc1ccc(-n2cnnn2)cc1NC(=O)COc1ccc2ccccc2c1. The molecule has 1 heterocycles. The predicted molar refractivity (Wildman–Crippen MR) is 102 cm³/mol. The molecule has 0 aliphatic heterocycles. The molecule has 1 amide bonds. The van der Waals surface area contributed by atoms with Crippen LogP contribution in [-0.4, -0.2) is 32.7 Å². The number of nitrogens with zero attached hydrogens (tertiary/aromatic N) is 4. The predicted octanol–water partition coefficient (Wildman–Crippen LogP) is 3.14. The zero-order valence-corrected chi connectivity index (χ0v) is 14.7. The number of fused-ring (bicyclic) bond motifs is 1. The van der Waals surface area contributed by atoms with E-state index < -0.39 is 0 Å². The lowest BCUT2D eigenvalue weighted by Crippen LogP contribution is -2.20. The van der Waals surface area contributed by atoms with Crippen LogP contribution in [0.5, 0.6) is 5.75 Å². The molecule has 0 aliphatic carbocycles. The van der Waals surface area contributed by atoms with Crippen molar-refractivity contribution in [3.05, 3.63) is 72.6 Å². The Labute approximate surface area is 155 Å². The van der Waals surface area contributed by atoms with Crippen LogP contribution in [0.1, 0.15) is 5.56 Å². The highest BCUT2D eigenvalue weighted by atomic mass is 16.5. The van der Waals surface area contributed by atoms with Crippen molar-refractivity contribution in [2.45, 2.75) is 6.92 Å². The Hall–Kier alpha value is -3.74. The van der Waals surface area contributed by atoms with Crippen LogP contribution >= 0.6 is 0 Å². The number of hydrogen-bond acceptors (Lipinski definition) is 5. The van der Waals surface area contributed by atoms with Crippen molar-refractivity contribution in [2.24, 2.45) is 0 Å². The van der Waals surface area contributed by atoms with Gasteiger partial charge in [-0.15, -0.1) is 5.10 Å². The van der Waals surface area contributed by atoms with E-state index in [1.165, 1.54) is 11.0 Å². The van der Waals surface area contributed by atoms with Crippen LogP contribution in [0.4, 0.5) is 5.69 Å². The first-order valence-electron chi connectivity index (χ1n) is 8.44. The monoisotopic (exact) mass is 359 g/mol. The highest BCUT2D eigenvalue weighted by Crippen LogP contribution is 2.21. The van der Waals surface area contributed by atoms with E-state index in [0.29, 0.717) is 11.4 Å². The van der Waals surface area contributed by atoms with Crippen LogP contribution in [0, 0.1) is 6.92 Å². The molecule has 0 saturated carbocycles. The molecule has 0 radical (unpaired) electrons. The van der Waals surface area contributed by atoms with Gasteiger partial charge in [0, 0.05) is 5.69 Å². The molecule has 7 heteroatoms. The van der Waals surface area contributed by atoms with E-state index in [1.54, 1.807) is 0 Å². The van der Waals surface area contributed by atoms with Gasteiger partial charge in [-0.1, -0.05) is 36.4 Å². The van der Waals surface area contributed by atoms with Crippen molar-refractivity contribution in [1.29, 1.82) is 0 Å². The molecule has 1 aromatic heterocycles. The average molecular weight is 359 g/mol. The third-order valence-corrected chi connectivity index (χ3v) is 4.20. The standard InChI is InChI=1S/C20H17N5O2/c1-14-6-8-17(25-13-21-23-24-25)11-19(14)22-20(26)12-27-18-9-7-15-4-2-3-5-16(15)10-18/h2-11,13H,12H2,1H3,(H,22,26). The molecule has 4 rings (SSSR count). The summed E-state index contributed by atoms with van der Waals surface area (Å²) in [6, 6.07) is 19.4. The van der Waals surface area contributed by atoms with Gasteiger partial charge in [0.15, 0.2) is 6.61 Å². The molecule has 0 atom stereocenters. The van der Waals surface area contributed by atoms with E-state index in [2.05, 4.69) is 20.8 Å². The van der Waals surface area contributed by atoms with Crippen LogP contribution in [0.25, 0.3) is 16.5 Å². The number of nitrogens with one attached hydrogen (secondary N) is 1. The normalized spacial score (nSPS) is 10.7. The van der Waals surface area contributed by atoms with E-state index in [0.717, 1.165) is 22.0 Å². The van der Waals surface area contributed by atoms with Crippen LogP contribution < -0.4 is 10.1 Å². The first-order chi connectivity index (χ1) is 13.2. The summed E-state index contributed by atoms with van der Waals surface area (Å²) in [5.74, 6) is 0.420. The van der Waals surface area contributed by atoms with Gasteiger partial charge in [0.2, 0.25) is 0 Å². The first-order valence-corrected chi connectivity index (χ1v) is 8.44. The van der Waals surface area contributed by atoms with Crippen molar-refractivity contribution < 1.29 is 9.53 Å². The number of carbonyl (C=O) groups is 1. The van der Waals surface area contributed by atoms with Crippen molar-refractivity contribution in [1.82, 2.24) is 20.2 Å². The van der Waals surface area contributed by atoms with E-state index in [-0.39, 0.29) is 12.5 Å². The molecule has 134 valence electrons. The molecule has 0 spiro atoms. The molecule has 0 aliphatic rings. The largest absolute Gasteiger partial charge is 0.484 e. The number of hydrogen-bond donors (Lipinski definition) is 1. The Bertz CT molecular complexity index is 1090. The molecule has 1 N–H and O–H groups in total. The molecule has 0 bridgehead atoms. The Morgan fingerprint density at radius 1 is 1.07 bits per heavy atom. The van der Waals surface area contributed by atoms with Gasteiger partial charge in [0.05, 0.1) is 5.69 Å². The second-order valence-electron chi connectivity index (χ2n) is 6.10. The smallest absolute Gasteiger partial charge is 0.262 e. The summed E-state index contributed by atoms with van der Waals surface area (Å²) >= 11 is 0. The lowest BCUT2D eigenvalue weighted by atomic mass is 10.1. The Morgan fingerprint density at radius 2 is 1.93 bits per heavy atom. The Kier molecular flexibility index (Phi) is 4.49. The van der Waals surface area contributed by atoms with E-state index in [4.69, 9.17) is 4.74 Å². The minimum Gasteiger partial charge on any atom is -0.484 e. The summed E-state index contributed by atoms with van der Waals surface area (Å²) in [5.41, 5.74) is 2.39. The minimum absolute atomic E-state index is 0.0765. The number of amides is 1. The fourth-order valence-corrected chi connectivity index (χ4v) is 2.76. The number of anilines is 1. The summed E-state index contributed by atoms with van der Waals surface area (Å²) in [6.07, 6.45) is 1.50. The Morgan fingerprint density at radius 3 is 2.74 bits per heavy atom. The summed E-state index contributed by atoms with van der Waals surface area (Å²) in [7, 11) is 0. The van der Waals surface area contributed by atoms with E-state index >= 15 is 0 Å². The fraction of sp³-hybridized carbons (Fsp3) is 0.100. The van der Waals surface area contributed by atoms with Crippen LogP contribution in [0.2, 0.25) is 0 Å². The van der Waals surface area contributed by atoms with Gasteiger partial charge in [-0.25, -0.2) is 4.68 Å². The van der Waals surface area contributed by atoms with Crippen LogP contribution in [0.3, 0.4) is 0 Å². The van der Waals surface area contributed by atoms with Crippen molar-refractivity contribution >= 4 is 22.4 Å².